The molecular weight excluding hydrogens is 245 g/mol. The second-order valence-corrected chi connectivity index (χ2v) is 4.46. The quantitative estimate of drug-likeness (QED) is 0.836. The topological polar surface area (TPSA) is 50.1 Å². The smallest absolute Gasteiger partial charge is 0.127 e. The van der Waals surface area contributed by atoms with Gasteiger partial charge in [0.25, 0.3) is 0 Å². The summed E-state index contributed by atoms with van der Waals surface area (Å²) in [6.45, 7) is 3.10. The maximum absolute atomic E-state index is 13.6. The van der Waals surface area contributed by atoms with E-state index in [1.807, 2.05) is 19.2 Å². The molecule has 0 saturated carbocycles. The Kier molecular flexibility index (Phi) is 4.65. The van der Waals surface area contributed by atoms with E-state index in [4.69, 9.17) is 5.11 Å². The number of benzene rings is 1. The van der Waals surface area contributed by atoms with Crippen molar-refractivity contribution in [3.63, 3.8) is 0 Å². The van der Waals surface area contributed by atoms with Crippen molar-refractivity contribution in [1.29, 1.82) is 0 Å². The zero-order valence-electron chi connectivity index (χ0n) is 10.9. The lowest BCUT2D eigenvalue weighted by Gasteiger charge is -2.14. The second kappa shape index (κ2) is 6.45. The van der Waals surface area contributed by atoms with Gasteiger partial charge in [0.15, 0.2) is 0 Å². The van der Waals surface area contributed by atoms with E-state index in [1.54, 1.807) is 23.0 Å². The summed E-state index contributed by atoms with van der Waals surface area (Å²) >= 11 is 0. The molecule has 0 bridgehead atoms. The molecule has 5 heteroatoms. The number of aromatic nitrogens is 2. The number of nitrogens with zero attached hydrogens (tertiary/aromatic N) is 2. The van der Waals surface area contributed by atoms with Gasteiger partial charge in [-0.05, 0) is 13.0 Å². The van der Waals surface area contributed by atoms with Crippen LogP contribution in [0.5, 0.6) is 0 Å². The molecule has 0 aliphatic heterocycles. The minimum absolute atomic E-state index is 0.0672. The molecule has 0 aliphatic rings. The van der Waals surface area contributed by atoms with Crippen molar-refractivity contribution in [2.45, 2.75) is 26.1 Å². The molecule has 1 heterocycles. The van der Waals surface area contributed by atoms with E-state index < -0.39 is 0 Å². The highest BCUT2D eigenvalue weighted by Crippen LogP contribution is 2.16. The summed E-state index contributed by atoms with van der Waals surface area (Å²) in [5.74, 6) is -0.196. The van der Waals surface area contributed by atoms with Crippen LogP contribution in [0.2, 0.25) is 0 Å². The first-order chi connectivity index (χ1) is 9.20. The van der Waals surface area contributed by atoms with E-state index in [-0.39, 0.29) is 18.5 Å². The van der Waals surface area contributed by atoms with Gasteiger partial charge in [-0.1, -0.05) is 18.2 Å². The summed E-state index contributed by atoms with van der Waals surface area (Å²) in [6, 6.07) is 6.69. The standard InChI is InChI=1S/C14H18FN3O/c1-11(13-4-2-3-5-14(13)15)16-8-12-9-17-18(10-12)6-7-19/h2-5,9-11,16,19H,6-8H2,1H3/t11-/m1/s1. The highest BCUT2D eigenvalue weighted by Gasteiger charge is 2.09. The van der Waals surface area contributed by atoms with Crippen LogP contribution in [0.15, 0.2) is 36.7 Å². The maximum Gasteiger partial charge on any atom is 0.127 e. The summed E-state index contributed by atoms with van der Waals surface area (Å²) < 4.78 is 15.3. The monoisotopic (exact) mass is 263 g/mol. The minimum Gasteiger partial charge on any atom is -0.394 e. The first-order valence-corrected chi connectivity index (χ1v) is 6.30. The number of nitrogens with one attached hydrogen (secondary N) is 1. The van der Waals surface area contributed by atoms with Crippen LogP contribution >= 0.6 is 0 Å². The number of rotatable bonds is 6. The molecule has 4 nitrogen and oxygen atoms in total. The minimum atomic E-state index is -0.196. The van der Waals surface area contributed by atoms with Crippen LogP contribution in [0.4, 0.5) is 4.39 Å². The fourth-order valence-electron chi connectivity index (χ4n) is 1.93. The Labute approximate surface area is 111 Å². The number of hydrogen-bond donors (Lipinski definition) is 2. The van der Waals surface area contributed by atoms with E-state index >= 15 is 0 Å². The van der Waals surface area contributed by atoms with Gasteiger partial charge < -0.3 is 10.4 Å². The number of aliphatic hydroxyl groups is 1. The molecule has 2 aromatic rings. The van der Waals surface area contributed by atoms with Crippen LogP contribution < -0.4 is 5.32 Å². The molecule has 0 unspecified atom stereocenters. The van der Waals surface area contributed by atoms with Crippen molar-refractivity contribution in [2.75, 3.05) is 6.61 Å². The van der Waals surface area contributed by atoms with Gasteiger partial charge in [-0.3, -0.25) is 4.68 Å². The van der Waals surface area contributed by atoms with Gasteiger partial charge in [-0.15, -0.1) is 0 Å². The highest BCUT2D eigenvalue weighted by atomic mass is 19.1. The van der Waals surface area contributed by atoms with Crippen LogP contribution in [0.3, 0.4) is 0 Å². The fourth-order valence-corrected chi connectivity index (χ4v) is 1.93. The first kappa shape index (κ1) is 13.7. The first-order valence-electron chi connectivity index (χ1n) is 6.30. The van der Waals surface area contributed by atoms with Gasteiger partial charge in [-0.25, -0.2) is 4.39 Å². The number of aliphatic hydroxyl groups excluding tert-OH is 1. The molecule has 0 amide bonds. The van der Waals surface area contributed by atoms with E-state index in [0.717, 1.165) is 5.56 Å². The maximum atomic E-state index is 13.6. The predicted octanol–water partition coefficient (Wildman–Crippen LogP) is 1.87. The molecule has 0 aliphatic carbocycles. The van der Waals surface area contributed by atoms with Gasteiger partial charge in [0.2, 0.25) is 0 Å². The molecule has 0 saturated heterocycles. The predicted molar refractivity (Wildman–Crippen MR) is 71.0 cm³/mol. The normalized spacial score (nSPS) is 12.6. The van der Waals surface area contributed by atoms with E-state index in [1.165, 1.54) is 6.07 Å². The van der Waals surface area contributed by atoms with Gasteiger partial charge in [0, 0.05) is 29.9 Å². The fraction of sp³-hybridized carbons (Fsp3) is 0.357. The van der Waals surface area contributed by atoms with Crippen LogP contribution in [-0.4, -0.2) is 21.5 Å². The molecule has 1 aromatic carbocycles. The van der Waals surface area contributed by atoms with Crippen LogP contribution in [0.1, 0.15) is 24.1 Å². The zero-order chi connectivity index (χ0) is 13.7. The Morgan fingerprint density at radius 1 is 1.42 bits per heavy atom. The summed E-state index contributed by atoms with van der Waals surface area (Å²) in [7, 11) is 0. The molecule has 0 spiro atoms. The Balaban J connectivity index is 1.92. The number of hydrogen-bond acceptors (Lipinski definition) is 3. The van der Waals surface area contributed by atoms with E-state index in [2.05, 4.69) is 10.4 Å². The third-order valence-electron chi connectivity index (χ3n) is 3.00. The second-order valence-electron chi connectivity index (χ2n) is 4.46. The SMILES string of the molecule is C[C@@H](NCc1cnn(CCO)c1)c1ccccc1F. The Bertz CT molecular complexity index is 527. The Hall–Kier alpha value is -1.72. The lowest BCUT2D eigenvalue weighted by molar-refractivity contribution is 0.269. The number of halogens is 1. The molecule has 0 radical (unpaired) electrons. The average Bonchev–Trinajstić information content (AvgIpc) is 2.85. The molecule has 19 heavy (non-hydrogen) atoms. The van der Waals surface area contributed by atoms with Crippen LogP contribution in [0.25, 0.3) is 0 Å². The van der Waals surface area contributed by atoms with E-state index in [0.29, 0.717) is 18.7 Å². The average molecular weight is 263 g/mol. The van der Waals surface area contributed by atoms with Crippen molar-refractivity contribution in [3.8, 4) is 0 Å². The van der Waals surface area contributed by atoms with Crippen molar-refractivity contribution in [3.05, 3.63) is 53.6 Å². The third-order valence-corrected chi connectivity index (χ3v) is 3.00. The van der Waals surface area contributed by atoms with Gasteiger partial charge in [0.1, 0.15) is 5.82 Å². The summed E-state index contributed by atoms with van der Waals surface area (Å²) in [5, 5.41) is 16.2. The summed E-state index contributed by atoms with van der Waals surface area (Å²) in [5.41, 5.74) is 1.67. The molecule has 102 valence electrons. The summed E-state index contributed by atoms with van der Waals surface area (Å²) in [6.07, 6.45) is 3.62. The Morgan fingerprint density at radius 2 is 2.21 bits per heavy atom. The molecule has 1 aromatic heterocycles. The van der Waals surface area contributed by atoms with Crippen molar-refractivity contribution < 1.29 is 9.50 Å². The molecular formula is C14H18FN3O. The molecule has 1 atom stereocenters. The largest absolute Gasteiger partial charge is 0.394 e. The highest BCUT2D eigenvalue weighted by molar-refractivity contribution is 5.20. The van der Waals surface area contributed by atoms with Crippen molar-refractivity contribution >= 4 is 0 Å². The summed E-state index contributed by atoms with van der Waals surface area (Å²) in [4.78, 5) is 0. The van der Waals surface area contributed by atoms with Crippen LogP contribution in [0, 0.1) is 5.82 Å². The van der Waals surface area contributed by atoms with Gasteiger partial charge in [0.05, 0.1) is 19.3 Å². The van der Waals surface area contributed by atoms with Crippen molar-refractivity contribution in [2.24, 2.45) is 0 Å². The van der Waals surface area contributed by atoms with Gasteiger partial charge in [-0.2, -0.15) is 5.10 Å². The van der Waals surface area contributed by atoms with Crippen LogP contribution in [-0.2, 0) is 13.1 Å². The molecule has 2 N–H and O–H groups in total. The Morgan fingerprint density at radius 3 is 2.95 bits per heavy atom. The van der Waals surface area contributed by atoms with E-state index in [9.17, 15) is 4.39 Å². The molecule has 2 rings (SSSR count). The molecule has 0 fully saturated rings. The van der Waals surface area contributed by atoms with Crippen molar-refractivity contribution in [1.82, 2.24) is 15.1 Å². The third kappa shape index (κ3) is 3.62. The van der Waals surface area contributed by atoms with Gasteiger partial charge >= 0.3 is 0 Å². The lowest BCUT2D eigenvalue weighted by atomic mass is 10.1. The lowest BCUT2D eigenvalue weighted by Crippen LogP contribution is -2.18. The zero-order valence-corrected chi connectivity index (χ0v) is 10.9.